The van der Waals surface area contributed by atoms with E-state index in [0.29, 0.717) is 11.6 Å². The second kappa shape index (κ2) is 5.15. The number of nitrogens with one attached hydrogen (secondary N) is 1. The highest BCUT2D eigenvalue weighted by Gasteiger charge is 2.06. The molecule has 0 saturated heterocycles. The van der Waals surface area contributed by atoms with Crippen LogP contribution >= 0.6 is 22.9 Å². The summed E-state index contributed by atoms with van der Waals surface area (Å²) in [4.78, 5) is 4.45. The molecule has 1 N–H and O–H groups in total. The summed E-state index contributed by atoms with van der Waals surface area (Å²) in [5.41, 5.74) is 1.82. The van der Waals surface area contributed by atoms with Crippen LogP contribution in [0.5, 0.6) is 0 Å². The monoisotopic (exact) mass is 292 g/mol. The number of nitrogens with zero attached hydrogens (tertiary/aromatic N) is 1. The predicted octanol–water partition coefficient (Wildman–Crippen LogP) is 4.70. The maximum absolute atomic E-state index is 12.8. The van der Waals surface area contributed by atoms with E-state index in [4.69, 9.17) is 11.6 Å². The van der Waals surface area contributed by atoms with Crippen molar-refractivity contribution in [1.82, 2.24) is 4.98 Å². The van der Waals surface area contributed by atoms with Crippen molar-refractivity contribution in [2.45, 2.75) is 6.54 Å². The fourth-order valence-corrected chi connectivity index (χ4v) is 2.93. The quantitative estimate of drug-likeness (QED) is 0.757. The van der Waals surface area contributed by atoms with Gasteiger partial charge < -0.3 is 5.32 Å². The third-order valence-corrected chi connectivity index (χ3v) is 4.01. The highest BCUT2D eigenvalue weighted by Crippen LogP contribution is 2.30. The van der Waals surface area contributed by atoms with Crippen molar-refractivity contribution >= 4 is 38.3 Å². The van der Waals surface area contributed by atoms with Gasteiger partial charge in [-0.1, -0.05) is 41.1 Å². The van der Waals surface area contributed by atoms with Gasteiger partial charge in [0, 0.05) is 6.54 Å². The van der Waals surface area contributed by atoms with E-state index in [1.165, 1.54) is 12.1 Å². The number of aromatic nitrogens is 1. The summed E-state index contributed by atoms with van der Waals surface area (Å²) in [6.07, 6.45) is 0. The van der Waals surface area contributed by atoms with Crippen LogP contribution in [0.25, 0.3) is 10.2 Å². The summed E-state index contributed by atoms with van der Waals surface area (Å²) in [6.45, 7) is 0.609. The third-order valence-electron chi connectivity index (χ3n) is 2.73. The van der Waals surface area contributed by atoms with Gasteiger partial charge in [-0.25, -0.2) is 9.37 Å². The summed E-state index contributed by atoms with van der Waals surface area (Å²) in [5, 5.41) is 4.69. The zero-order valence-corrected chi connectivity index (χ0v) is 11.4. The van der Waals surface area contributed by atoms with Crippen molar-refractivity contribution in [3.05, 3.63) is 58.9 Å². The van der Waals surface area contributed by atoms with E-state index >= 15 is 0 Å². The summed E-state index contributed by atoms with van der Waals surface area (Å²) in [7, 11) is 0. The van der Waals surface area contributed by atoms with Gasteiger partial charge in [0.25, 0.3) is 0 Å². The lowest BCUT2D eigenvalue weighted by Gasteiger charge is -2.02. The number of benzene rings is 2. The van der Waals surface area contributed by atoms with Gasteiger partial charge in [-0.15, -0.1) is 0 Å². The van der Waals surface area contributed by atoms with E-state index in [1.807, 2.05) is 18.2 Å². The third kappa shape index (κ3) is 2.69. The zero-order chi connectivity index (χ0) is 13.2. The minimum atomic E-state index is -0.226. The standard InChI is InChI=1S/C14H10ClFN2S/c15-11-2-1-3-12-13(11)18-14(19-12)17-8-9-4-6-10(16)7-5-9/h1-7H,8H2,(H,17,18). The van der Waals surface area contributed by atoms with Crippen molar-refractivity contribution in [3.63, 3.8) is 0 Å². The average molecular weight is 293 g/mol. The smallest absolute Gasteiger partial charge is 0.184 e. The molecule has 19 heavy (non-hydrogen) atoms. The fourth-order valence-electron chi connectivity index (χ4n) is 1.77. The van der Waals surface area contributed by atoms with Crippen molar-refractivity contribution in [3.8, 4) is 0 Å². The molecule has 0 atom stereocenters. The van der Waals surface area contributed by atoms with Gasteiger partial charge in [-0.3, -0.25) is 0 Å². The molecule has 96 valence electrons. The molecule has 1 aromatic heterocycles. The Morgan fingerprint density at radius 3 is 2.68 bits per heavy atom. The molecule has 5 heteroatoms. The minimum absolute atomic E-state index is 0.226. The molecule has 0 radical (unpaired) electrons. The first kappa shape index (κ1) is 12.4. The van der Waals surface area contributed by atoms with Crippen molar-refractivity contribution in [2.24, 2.45) is 0 Å². The Morgan fingerprint density at radius 2 is 1.95 bits per heavy atom. The molecule has 0 aliphatic rings. The number of thiazole rings is 1. The molecule has 0 bridgehead atoms. The Labute approximate surface area is 118 Å². The molecule has 2 nitrogen and oxygen atoms in total. The SMILES string of the molecule is Fc1ccc(CNc2nc3c(Cl)cccc3s2)cc1. The van der Waals surface area contributed by atoms with E-state index in [-0.39, 0.29) is 5.82 Å². The molecule has 0 unspecified atom stereocenters. The topological polar surface area (TPSA) is 24.9 Å². The average Bonchev–Trinajstić information content (AvgIpc) is 2.83. The molecule has 2 aromatic carbocycles. The summed E-state index contributed by atoms with van der Waals surface area (Å²) in [6, 6.07) is 12.1. The van der Waals surface area contributed by atoms with Gasteiger partial charge in [-0.05, 0) is 29.8 Å². The zero-order valence-electron chi connectivity index (χ0n) is 9.86. The highest BCUT2D eigenvalue weighted by molar-refractivity contribution is 7.22. The van der Waals surface area contributed by atoms with Crippen LogP contribution in [0.1, 0.15) is 5.56 Å². The molecule has 0 aliphatic carbocycles. The van der Waals surface area contributed by atoms with E-state index < -0.39 is 0 Å². The largest absolute Gasteiger partial charge is 0.357 e. The molecule has 3 aromatic rings. The van der Waals surface area contributed by atoms with Crippen LogP contribution in [0.15, 0.2) is 42.5 Å². The second-order valence-corrected chi connectivity index (χ2v) is 5.52. The minimum Gasteiger partial charge on any atom is -0.357 e. The predicted molar refractivity (Wildman–Crippen MR) is 78.4 cm³/mol. The lowest BCUT2D eigenvalue weighted by molar-refractivity contribution is 0.627. The maximum Gasteiger partial charge on any atom is 0.184 e. The van der Waals surface area contributed by atoms with Crippen LogP contribution in [0.4, 0.5) is 9.52 Å². The van der Waals surface area contributed by atoms with Crippen LogP contribution in [-0.4, -0.2) is 4.98 Å². The van der Waals surface area contributed by atoms with Gasteiger partial charge in [0.1, 0.15) is 11.3 Å². The first-order valence-electron chi connectivity index (χ1n) is 5.76. The molecule has 0 saturated carbocycles. The Balaban J connectivity index is 1.78. The molecular formula is C14H10ClFN2S. The lowest BCUT2D eigenvalue weighted by atomic mass is 10.2. The van der Waals surface area contributed by atoms with Crippen molar-refractivity contribution < 1.29 is 4.39 Å². The molecular weight excluding hydrogens is 283 g/mol. The number of halogens is 2. The van der Waals surface area contributed by atoms with Crippen molar-refractivity contribution in [2.75, 3.05) is 5.32 Å². The second-order valence-electron chi connectivity index (χ2n) is 4.09. The Hall–Kier alpha value is -1.65. The summed E-state index contributed by atoms with van der Waals surface area (Å²) in [5.74, 6) is -0.226. The summed E-state index contributed by atoms with van der Waals surface area (Å²) < 4.78 is 13.8. The van der Waals surface area contributed by atoms with Gasteiger partial charge in [0.2, 0.25) is 0 Å². The molecule has 0 fully saturated rings. The first-order valence-corrected chi connectivity index (χ1v) is 6.95. The highest BCUT2D eigenvalue weighted by atomic mass is 35.5. The first-order chi connectivity index (χ1) is 9.22. The number of para-hydroxylation sites is 1. The lowest BCUT2D eigenvalue weighted by Crippen LogP contribution is -1.98. The number of fused-ring (bicyclic) bond motifs is 1. The van der Waals surface area contributed by atoms with E-state index in [1.54, 1.807) is 23.5 Å². The van der Waals surface area contributed by atoms with E-state index in [0.717, 1.165) is 20.9 Å². The van der Waals surface area contributed by atoms with Gasteiger partial charge in [0.05, 0.1) is 9.72 Å². The maximum atomic E-state index is 12.8. The van der Waals surface area contributed by atoms with E-state index in [2.05, 4.69) is 10.3 Å². The fraction of sp³-hybridized carbons (Fsp3) is 0.0714. The van der Waals surface area contributed by atoms with Crippen LogP contribution in [0.3, 0.4) is 0 Å². The Morgan fingerprint density at radius 1 is 1.16 bits per heavy atom. The Bertz CT molecular complexity index is 709. The Kier molecular flexibility index (Phi) is 3.36. The van der Waals surface area contributed by atoms with Crippen LogP contribution < -0.4 is 5.32 Å². The number of rotatable bonds is 3. The normalized spacial score (nSPS) is 10.8. The van der Waals surface area contributed by atoms with Crippen LogP contribution in [-0.2, 0) is 6.54 Å². The number of hydrogen-bond donors (Lipinski definition) is 1. The molecule has 0 aliphatic heterocycles. The van der Waals surface area contributed by atoms with Crippen LogP contribution in [0, 0.1) is 5.82 Å². The molecule has 3 rings (SSSR count). The number of anilines is 1. The number of hydrogen-bond acceptors (Lipinski definition) is 3. The molecule has 0 amide bonds. The van der Waals surface area contributed by atoms with Gasteiger partial charge >= 0.3 is 0 Å². The summed E-state index contributed by atoms with van der Waals surface area (Å²) >= 11 is 7.63. The van der Waals surface area contributed by atoms with Gasteiger partial charge in [-0.2, -0.15) is 0 Å². The molecule has 1 heterocycles. The van der Waals surface area contributed by atoms with Crippen LogP contribution in [0.2, 0.25) is 5.02 Å². The van der Waals surface area contributed by atoms with Crippen molar-refractivity contribution in [1.29, 1.82) is 0 Å². The molecule has 0 spiro atoms. The van der Waals surface area contributed by atoms with E-state index in [9.17, 15) is 4.39 Å². The van der Waals surface area contributed by atoms with Gasteiger partial charge in [0.15, 0.2) is 5.13 Å².